The molecule has 76 valence electrons. The van der Waals surface area contributed by atoms with E-state index in [0.29, 0.717) is 16.5 Å². The minimum atomic E-state index is -0.206. The zero-order chi connectivity index (χ0) is 10.7. The molecule has 0 spiro atoms. The monoisotopic (exact) mass is 221 g/mol. The van der Waals surface area contributed by atoms with Gasteiger partial charge in [0.05, 0.1) is 0 Å². The Bertz CT molecular complexity index is 467. The molecule has 0 radical (unpaired) electrons. The average molecular weight is 222 g/mol. The summed E-state index contributed by atoms with van der Waals surface area (Å²) in [5, 5.41) is 3.04. The van der Waals surface area contributed by atoms with Crippen molar-refractivity contribution in [1.82, 2.24) is 9.97 Å². The highest BCUT2D eigenvalue weighted by Crippen LogP contribution is 2.12. The first-order chi connectivity index (χ1) is 7.25. The number of aromatic amines is 1. The van der Waals surface area contributed by atoms with Crippen LogP contribution in [0.15, 0.2) is 36.7 Å². The second-order valence-corrected chi connectivity index (χ2v) is 3.29. The van der Waals surface area contributed by atoms with Crippen molar-refractivity contribution in [2.45, 2.75) is 0 Å². The van der Waals surface area contributed by atoms with Crippen molar-refractivity contribution in [2.24, 2.45) is 0 Å². The summed E-state index contributed by atoms with van der Waals surface area (Å²) < 4.78 is 0. The van der Waals surface area contributed by atoms with E-state index >= 15 is 0 Å². The second kappa shape index (κ2) is 4.14. The van der Waals surface area contributed by atoms with Gasteiger partial charge in [0, 0.05) is 18.1 Å². The Morgan fingerprint density at radius 1 is 1.47 bits per heavy atom. The number of H-pyrrole nitrogens is 1. The molecule has 0 aliphatic carbocycles. The Hall–Kier alpha value is -1.81. The molecule has 0 atom stereocenters. The Morgan fingerprint density at radius 2 is 2.33 bits per heavy atom. The van der Waals surface area contributed by atoms with Gasteiger partial charge in [-0.1, -0.05) is 11.6 Å². The lowest BCUT2D eigenvalue weighted by molar-refractivity contribution is 0.102. The lowest BCUT2D eigenvalue weighted by Crippen LogP contribution is -2.12. The summed E-state index contributed by atoms with van der Waals surface area (Å²) in [5.74, 6) is -0.206. The number of carbonyl (C=O) groups excluding carboxylic acids is 1. The van der Waals surface area contributed by atoms with Crippen molar-refractivity contribution >= 4 is 23.2 Å². The number of aromatic nitrogens is 2. The van der Waals surface area contributed by atoms with E-state index in [1.165, 1.54) is 6.20 Å². The molecular weight excluding hydrogens is 214 g/mol. The number of halogens is 1. The first-order valence-corrected chi connectivity index (χ1v) is 4.70. The number of carbonyl (C=O) groups is 1. The number of hydrogen-bond acceptors (Lipinski definition) is 2. The van der Waals surface area contributed by atoms with Gasteiger partial charge in [-0.05, 0) is 24.3 Å². The van der Waals surface area contributed by atoms with Gasteiger partial charge in [0.15, 0.2) is 0 Å². The fraction of sp³-hybridized carbons (Fsp3) is 0. The lowest BCUT2D eigenvalue weighted by atomic mass is 10.3. The number of anilines is 1. The fourth-order valence-corrected chi connectivity index (χ4v) is 1.32. The number of hydrogen-bond donors (Lipinski definition) is 2. The van der Waals surface area contributed by atoms with Gasteiger partial charge in [0.25, 0.3) is 5.91 Å². The third kappa shape index (κ3) is 2.35. The number of amides is 1. The summed E-state index contributed by atoms with van der Waals surface area (Å²) >= 11 is 5.68. The molecule has 0 fully saturated rings. The topological polar surface area (TPSA) is 57.8 Å². The summed E-state index contributed by atoms with van der Waals surface area (Å²) in [6.07, 6.45) is 3.22. The van der Waals surface area contributed by atoms with Gasteiger partial charge in [-0.2, -0.15) is 0 Å². The fourth-order valence-electron chi connectivity index (χ4n) is 1.15. The number of nitrogens with zero attached hydrogens (tertiary/aromatic N) is 1. The molecule has 5 heteroatoms. The Morgan fingerprint density at radius 3 is 3.00 bits per heavy atom. The maximum Gasteiger partial charge on any atom is 0.272 e. The van der Waals surface area contributed by atoms with E-state index in [1.807, 2.05) is 0 Å². The van der Waals surface area contributed by atoms with Gasteiger partial charge in [-0.25, -0.2) is 4.98 Å². The molecule has 0 bridgehead atoms. The second-order valence-electron chi connectivity index (χ2n) is 2.91. The van der Waals surface area contributed by atoms with Crippen LogP contribution in [-0.2, 0) is 0 Å². The van der Waals surface area contributed by atoms with E-state index in [0.717, 1.165) is 0 Å². The van der Waals surface area contributed by atoms with Crippen LogP contribution in [0.4, 0.5) is 5.69 Å². The minimum Gasteiger partial charge on any atom is -0.357 e. The highest BCUT2D eigenvalue weighted by Gasteiger charge is 2.06. The number of nitrogens with one attached hydrogen (secondary N) is 2. The van der Waals surface area contributed by atoms with Gasteiger partial charge in [-0.15, -0.1) is 0 Å². The molecule has 2 N–H and O–H groups in total. The van der Waals surface area contributed by atoms with Crippen LogP contribution in [0.1, 0.15) is 10.5 Å². The van der Waals surface area contributed by atoms with Crippen LogP contribution in [0.5, 0.6) is 0 Å². The van der Waals surface area contributed by atoms with E-state index < -0.39 is 0 Å². The summed E-state index contributed by atoms with van der Waals surface area (Å²) in [6, 6.07) is 6.71. The molecule has 0 aromatic carbocycles. The standard InChI is InChI=1S/C10H8ClN3O/c11-9-6-7(3-5-13-9)14-10(15)8-2-1-4-12-8/h1-6,12H,(H,13,14,15). The highest BCUT2D eigenvalue weighted by molar-refractivity contribution is 6.29. The molecule has 4 nitrogen and oxygen atoms in total. The highest BCUT2D eigenvalue weighted by atomic mass is 35.5. The Labute approximate surface area is 91.3 Å². The van der Waals surface area contributed by atoms with E-state index in [9.17, 15) is 4.79 Å². The molecule has 0 unspecified atom stereocenters. The smallest absolute Gasteiger partial charge is 0.272 e. The lowest BCUT2D eigenvalue weighted by Gasteiger charge is -2.02. The SMILES string of the molecule is O=C(Nc1ccnc(Cl)c1)c1ccc[nH]1. The normalized spacial score (nSPS) is 9.93. The number of pyridine rings is 1. The van der Waals surface area contributed by atoms with E-state index in [2.05, 4.69) is 15.3 Å². The van der Waals surface area contributed by atoms with Crippen LogP contribution in [0, 0.1) is 0 Å². The molecule has 2 rings (SSSR count). The first-order valence-electron chi connectivity index (χ1n) is 4.32. The van der Waals surface area contributed by atoms with E-state index in [-0.39, 0.29) is 5.91 Å². The summed E-state index contributed by atoms with van der Waals surface area (Å²) in [4.78, 5) is 18.2. The van der Waals surface area contributed by atoms with Crippen LogP contribution < -0.4 is 5.32 Å². The Balaban J connectivity index is 2.13. The summed E-state index contributed by atoms with van der Waals surface area (Å²) in [7, 11) is 0. The van der Waals surface area contributed by atoms with Gasteiger partial charge < -0.3 is 10.3 Å². The van der Waals surface area contributed by atoms with Crippen molar-refractivity contribution in [3.05, 3.63) is 47.5 Å². The first kappa shape index (κ1) is 9.73. The molecule has 1 amide bonds. The van der Waals surface area contributed by atoms with Gasteiger partial charge in [-0.3, -0.25) is 4.79 Å². The van der Waals surface area contributed by atoms with Crippen molar-refractivity contribution in [3.63, 3.8) is 0 Å². The van der Waals surface area contributed by atoms with Crippen molar-refractivity contribution in [1.29, 1.82) is 0 Å². The van der Waals surface area contributed by atoms with Crippen LogP contribution in [0.25, 0.3) is 0 Å². The minimum absolute atomic E-state index is 0.206. The summed E-state index contributed by atoms with van der Waals surface area (Å²) in [6.45, 7) is 0. The van der Waals surface area contributed by atoms with Crippen molar-refractivity contribution in [2.75, 3.05) is 5.32 Å². The van der Waals surface area contributed by atoms with Gasteiger partial charge >= 0.3 is 0 Å². The van der Waals surface area contributed by atoms with Crippen LogP contribution in [0.3, 0.4) is 0 Å². The van der Waals surface area contributed by atoms with E-state index in [4.69, 9.17) is 11.6 Å². The molecule has 15 heavy (non-hydrogen) atoms. The summed E-state index contributed by atoms with van der Waals surface area (Å²) in [5.41, 5.74) is 1.12. The van der Waals surface area contributed by atoms with Crippen molar-refractivity contribution < 1.29 is 4.79 Å². The molecule has 2 aromatic heterocycles. The van der Waals surface area contributed by atoms with E-state index in [1.54, 1.807) is 30.5 Å². The Kier molecular flexibility index (Phi) is 2.69. The molecule has 0 aliphatic heterocycles. The third-order valence-corrected chi connectivity index (χ3v) is 2.03. The molecule has 0 saturated carbocycles. The van der Waals surface area contributed by atoms with Crippen molar-refractivity contribution in [3.8, 4) is 0 Å². The zero-order valence-electron chi connectivity index (χ0n) is 7.70. The molecule has 0 aliphatic rings. The predicted octanol–water partition coefficient (Wildman–Crippen LogP) is 2.32. The average Bonchev–Trinajstić information content (AvgIpc) is 2.70. The quantitative estimate of drug-likeness (QED) is 0.765. The van der Waals surface area contributed by atoms with Crippen LogP contribution in [0.2, 0.25) is 5.15 Å². The largest absolute Gasteiger partial charge is 0.357 e. The maximum atomic E-state index is 11.6. The van der Waals surface area contributed by atoms with Crippen LogP contribution >= 0.6 is 11.6 Å². The molecule has 2 aromatic rings. The zero-order valence-corrected chi connectivity index (χ0v) is 8.45. The van der Waals surface area contributed by atoms with Gasteiger partial charge in [0.2, 0.25) is 0 Å². The maximum absolute atomic E-state index is 11.6. The number of rotatable bonds is 2. The predicted molar refractivity (Wildman–Crippen MR) is 58.0 cm³/mol. The third-order valence-electron chi connectivity index (χ3n) is 1.83. The molecular formula is C10H8ClN3O. The van der Waals surface area contributed by atoms with Crippen LogP contribution in [-0.4, -0.2) is 15.9 Å². The molecule has 0 saturated heterocycles. The van der Waals surface area contributed by atoms with Gasteiger partial charge in [0.1, 0.15) is 10.8 Å². The molecule has 2 heterocycles.